The molecule has 29 heavy (non-hydrogen) atoms. The Balaban J connectivity index is 0.00000300. The summed E-state index contributed by atoms with van der Waals surface area (Å²) in [5.41, 5.74) is 0.884. The van der Waals surface area contributed by atoms with Gasteiger partial charge in [-0.3, -0.25) is 4.99 Å². The lowest BCUT2D eigenvalue weighted by molar-refractivity contribution is 0.0513. The summed E-state index contributed by atoms with van der Waals surface area (Å²) in [6.45, 7) is 2.90. The first-order valence-corrected chi connectivity index (χ1v) is 10.7. The third kappa shape index (κ3) is 7.15. The van der Waals surface area contributed by atoms with Gasteiger partial charge < -0.3 is 15.4 Å². The largest absolute Gasteiger partial charge is 0.381 e. The van der Waals surface area contributed by atoms with E-state index in [1.165, 1.54) is 11.0 Å². The highest BCUT2D eigenvalue weighted by molar-refractivity contribution is 14.0. The van der Waals surface area contributed by atoms with Crippen LogP contribution in [-0.2, 0) is 10.2 Å². The molecular weight excluding hydrogens is 500 g/mol. The van der Waals surface area contributed by atoms with Crippen LogP contribution >= 0.6 is 35.7 Å². The summed E-state index contributed by atoms with van der Waals surface area (Å²) in [5, 5.41) is 6.82. The lowest BCUT2D eigenvalue weighted by atomic mass is 9.74. The Morgan fingerprint density at radius 2 is 1.86 bits per heavy atom. The molecule has 0 saturated carbocycles. The summed E-state index contributed by atoms with van der Waals surface area (Å²) >= 11 is 1.81. The van der Waals surface area contributed by atoms with Gasteiger partial charge in [0.25, 0.3) is 0 Å². The first-order chi connectivity index (χ1) is 13.7. The van der Waals surface area contributed by atoms with Crippen LogP contribution < -0.4 is 10.6 Å². The van der Waals surface area contributed by atoms with E-state index in [4.69, 9.17) is 4.74 Å². The first kappa shape index (κ1) is 24.0. The van der Waals surface area contributed by atoms with Crippen molar-refractivity contribution in [3.05, 3.63) is 66.0 Å². The number of hydrogen-bond acceptors (Lipinski definition) is 3. The second-order valence-electron chi connectivity index (χ2n) is 6.92. The molecular formula is C22H29FIN3OS. The van der Waals surface area contributed by atoms with Gasteiger partial charge in [0.15, 0.2) is 5.96 Å². The maximum Gasteiger partial charge on any atom is 0.191 e. The van der Waals surface area contributed by atoms with Crippen LogP contribution in [0.15, 0.2) is 64.5 Å². The van der Waals surface area contributed by atoms with Crippen LogP contribution in [0.2, 0.25) is 0 Å². The number of aliphatic imine (C=N–C) groups is 1. The molecule has 0 aromatic heterocycles. The Bertz CT molecular complexity index is 770. The highest BCUT2D eigenvalue weighted by Gasteiger charge is 2.34. The molecule has 1 heterocycles. The number of nitrogens with zero attached hydrogens (tertiary/aromatic N) is 1. The molecule has 1 saturated heterocycles. The summed E-state index contributed by atoms with van der Waals surface area (Å²) < 4.78 is 19.4. The minimum Gasteiger partial charge on any atom is -0.381 e. The second-order valence-corrected chi connectivity index (χ2v) is 8.09. The van der Waals surface area contributed by atoms with Crippen molar-refractivity contribution in [2.24, 2.45) is 4.99 Å². The van der Waals surface area contributed by atoms with Gasteiger partial charge in [0.05, 0.1) is 0 Å². The van der Waals surface area contributed by atoms with Crippen LogP contribution in [0.1, 0.15) is 18.4 Å². The molecule has 0 amide bonds. The quantitative estimate of drug-likeness (QED) is 0.183. The molecule has 7 heteroatoms. The standard InChI is InChI=1S/C22H28FN3OS.HI/c1-24-21(25-12-15-28-20-8-3-2-4-9-20)26-17-22(10-13-27-14-11-22)18-6-5-7-19(23)16-18;/h2-9,16H,10-15,17H2,1H3,(H2,24,25,26);1H. The minimum atomic E-state index is -0.191. The topological polar surface area (TPSA) is 45.7 Å². The number of nitrogens with one attached hydrogen (secondary N) is 2. The average Bonchev–Trinajstić information content (AvgIpc) is 2.74. The minimum absolute atomic E-state index is 0. The predicted octanol–water partition coefficient (Wildman–Crippen LogP) is 4.45. The summed E-state index contributed by atoms with van der Waals surface area (Å²) in [5.74, 6) is 1.54. The molecule has 0 atom stereocenters. The van der Waals surface area contributed by atoms with Crippen molar-refractivity contribution in [1.82, 2.24) is 10.6 Å². The average molecular weight is 529 g/mol. The number of halogens is 2. The van der Waals surface area contributed by atoms with Crippen LogP contribution in [0.4, 0.5) is 4.39 Å². The van der Waals surface area contributed by atoms with Crippen molar-refractivity contribution < 1.29 is 9.13 Å². The third-order valence-corrected chi connectivity index (χ3v) is 6.12. The zero-order valence-corrected chi connectivity index (χ0v) is 19.8. The molecule has 158 valence electrons. The van der Waals surface area contributed by atoms with Gasteiger partial charge in [0.2, 0.25) is 0 Å². The van der Waals surface area contributed by atoms with E-state index in [0.717, 1.165) is 36.7 Å². The van der Waals surface area contributed by atoms with E-state index in [0.29, 0.717) is 19.8 Å². The van der Waals surface area contributed by atoms with E-state index in [2.05, 4.69) is 39.9 Å². The first-order valence-electron chi connectivity index (χ1n) is 9.68. The normalized spacial score (nSPS) is 16.0. The van der Waals surface area contributed by atoms with Gasteiger partial charge in [-0.15, -0.1) is 35.7 Å². The summed E-state index contributed by atoms with van der Waals surface area (Å²) in [4.78, 5) is 5.60. The van der Waals surface area contributed by atoms with Gasteiger partial charge >= 0.3 is 0 Å². The molecule has 0 bridgehead atoms. The summed E-state index contributed by atoms with van der Waals surface area (Å²) in [6.07, 6.45) is 1.73. The second kappa shape index (κ2) is 12.4. The Morgan fingerprint density at radius 1 is 1.10 bits per heavy atom. The fraction of sp³-hybridized carbons (Fsp3) is 0.409. The van der Waals surface area contributed by atoms with Crippen molar-refractivity contribution in [2.75, 3.05) is 39.1 Å². The van der Waals surface area contributed by atoms with Gasteiger partial charge in [0, 0.05) is 49.4 Å². The number of rotatable bonds is 7. The summed E-state index contributed by atoms with van der Waals surface area (Å²) in [7, 11) is 1.78. The van der Waals surface area contributed by atoms with Crippen LogP contribution in [0.3, 0.4) is 0 Å². The molecule has 4 nitrogen and oxygen atoms in total. The van der Waals surface area contributed by atoms with E-state index < -0.39 is 0 Å². The molecule has 0 aliphatic carbocycles. The highest BCUT2D eigenvalue weighted by Crippen LogP contribution is 2.34. The fourth-order valence-electron chi connectivity index (χ4n) is 3.48. The molecule has 0 spiro atoms. The Kier molecular flexibility index (Phi) is 10.2. The van der Waals surface area contributed by atoms with Crippen LogP contribution in [0.25, 0.3) is 0 Å². The smallest absolute Gasteiger partial charge is 0.191 e. The van der Waals surface area contributed by atoms with Gasteiger partial charge in [-0.05, 0) is 42.7 Å². The van der Waals surface area contributed by atoms with Crippen molar-refractivity contribution in [3.63, 3.8) is 0 Å². The van der Waals surface area contributed by atoms with E-state index in [1.54, 1.807) is 19.2 Å². The Hall–Kier alpha value is -1.32. The molecule has 2 aromatic carbocycles. The van der Waals surface area contributed by atoms with Gasteiger partial charge in [0.1, 0.15) is 5.82 Å². The molecule has 0 unspecified atom stereocenters. The molecule has 1 aliphatic rings. The van der Waals surface area contributed by atoms with Crippen molar-refractivity contribution in [3.8, 4) is 0 Å². The molecule has 3 rings (SSSR count). The highest BCUT2D eigenvalue weighted by atomic mass is 127. The molecule has 0 radical (unpaired) electrons. The van der Waals surface area contributed by atoms with Crippen LogP contribution in [0.5, 0.6) is 0 Å². The van der Waals surface area contributed by atoms with Crippen molar-refractivity contribution in [2.45, 2.75) is 23.2 Å². The predicted molar refractivity (Wildman–Crippen MR) is 130 cm³/mol. The lowest BCUT2D eigenvalue weighted by Gasteiger charge is -2.38. The van der Waals surface area contributed by atoms with Gasteiger partial charge in [-0.25, -0.2) is 4.39 Å². The monoisotopic (exact) mass is 529 g/mol. The number of thioether (sulfide) groups is 1. The van der Waals surface area contributed by atoms with Crippen molar-refractivity contribution >= 4 is 41.7 Å². The van der Waals surface area contributed by atoms with Gasteiger partial charge in [-0.1, -0.05) is 30.3 Å². The molecule has 1 aliphatic heterocycles. The number of guanidine groups is 1. The Morgan fingerprint density at radius 3 is 2.55 bits per heavy atom. The fourth-order valence-corrected chi connectivity index (χ4v) is 4.27. The SMILES string of the molecule is CN=C(NCCSc1ccccc1)NCC1(c2cccc(F)c2)CCOCC1.I. The third-order valence-electron chi connectivity index (χ3n) is 5.11. The van der Waals surface area contributed by atoms with Crippen LogP contribution in [-0.4, -0.2) is 45.1 Å². The van der Waals surface area contributed by atoms with E-state index >= 15 is 0 Å². The maximum atomic E-state index is 13.8. The van der Waals surface area contributed by atoms with Gasteiger partial charge in [-0.2, -0.15) is 0 Å². The zero-order valence-electron chi connectivity index (χ0n) is 16.7. The lowest BCUT2D eigenvalue weighted by Crippen LogP contribution is -2.48. The zero-order chi connectivity index (χ0) is 19.7. The maximum absolute atomic E-state index is 13.8. The van der Waals surface area contributed by atoms with Crippen LogP contribution in [0, 0.1) is 5.82 Å². The van der Waals surface area contributed by atoms with E-state index in [1.807, 2.05) is 23.9 Å². The van der Waals surface area contributed by atoms with E-state index in [-0.39, 0.29) is 35.2 Å². The van der Waals surface area contributed by atoms with E-state index in [9.17, 15) is 4.39 Å². The molecule has 2 N–H and O–H groups in total. The number of hydrogen-bond donors (Lipinski definition) is 2. The number of ether oxygens (including phenoxy) is 1. The molecule has 2 aromatic rings. The molecule has 1 fully saturated rings. The Labute approximate surface area is 194 Å². The number of benzene rings is 2. The van der Waals surface area contributed by atoms with Crippen molar-refractivity contribution in [1.29, 1.82) is 0 Å². The summed E-state index contributed by atoms with van der Waals surface area (Å²) in [6, 6.07) is 17.3.